The number of ether oxygens (including phenoxy) is 2. The lowest BCUT2D eigenvalue weighted by Gasteiger charge is -2.12. The lowest BCUT2D eigenvalue weighted by molar-refractivity contribution is -0.143. The monoisotopic (exact) mass is 403 g/mol. The summed E-state index contributed by atoms with van der Waals surface area (Å²) in [5.41, 5.74) is 3.46. The molecular formula is C24H25N3O3. The molecule has 154 valence electrons. The number of aromatic nitrogens is 3. The molecule has 0 radical (unpaired) electrons. The van der Waals surface area contributed by atoms with Crippen molar-refractivity contribution in [2.24, 2.45) is 0 Å². The summed E-state index contributed by atoms with van der Waals surface area (Å²) in [6.45, 7) is 6.16. The van der Waals surface area contributed by atoms with Crippen LogP contribution < -0.4 is 4.74 Å². The third kappa shape index (κ3) is 5.48. The van der Waals surface area contributed by atoms with Gasteiger partial charge in [0, 0.05) is 0 Å². The lowest BCUT2D eigenvalue weighted by Crippen LogP contribution is -2.09. The molecule has 0 aliphatic carbocycles. The zero-order valence-electron chi connectivity index (χ0n) is 17.5. The molecule has 1 atom stereocenters. The Bertz CT molecular complexity index is 1030. The summed E-state index contributed by atoms with van der Waals surface area (Å²) < 4.78 is 10.9. The molecule has 0 aliphatic rings. The van der Waals surface area contributed by atoms with E-state index in [4.69, 9.17) is 9.47 Å². The van der Waals surface area contributed by atoms with Crippen LogP contribution in [0.5, 0.6) is 5.75 Å². The highest BCUT2D eigenvalue weighted by atomic mass is 16.5. The summed E-state index contributed by atoms with van der Waals surface area (Å²) in [4.78, 5) is 13.4. The average Bonchev–Trinajstić information content (AvgIpc) is 3.14. The largest absolute Gasteiger partial charge is 0.487 e. The first kappa shape index (κ1) is 21.1. The van der Waals surface area contributed by atoms with Gasteiger partial charge in [0.05, 0.1) is 30.3 Å². The van der Waals surface area contributed by atoms with E-state index in [1.807, 2.05) is 61.5 Å². The molecule has 6 heteroatoms. The predicted molar refractivity (Wildman–Crippen MR) is 114 cm³/mol. The number of rotatable bonds is 8. The van der Waals surface area contributed by atoms with E-state index in [0.29, 0.717) is 19.0 Å². The Morgan fingerprint density at radius 1 is 1.10 bits per heavy atom. The summed E-state index contributed by atoms with van der Waals surface area (Å²) in [6, 6.07) is 17.4. The molecule has 0 amide bonds. The van der Waals surface area contributed by atoms with E-state index >= 15 is 0 Å². The van der Waals surface area contributed by atoms with Crippen LogP contribution in [0.2, 0.25) is 0 Å². The van der Waals surface area contributed by atoms with Crippen LogP contribution in [0.4, 0.5) is 0 Å². The van der Waals surface area contributed by atoms with Crippen molar-refractivity contribution in [1.29, 1.82) is 0 Å². The Hall–Kier alpha value is -3.59. The number of carbonyl (C=O) groups is 1. The molecule has 0 fully saturated rings. The third-order valence-corrected chi connectivity index (χ3v) is 4.52. The fourth-order valence-corrected chi connectivity index (χ4v) is 2.98. The SMILES string of the molecule is CC#CC(CC(=O)OCC)c1ccc(OCc2nn(-c3ccccc3)nc2C)cc1. The van der Waals surface area contributed by atoms with Crippen LogP contribution in [0.15, 0.2) is 54.6 Å². The second-order valence-corrected chi connectivity index (χ2v) is 6.67. The third-order valence-electron chi connectivity index (χ3n) is 4.52. The van der Waals surface area contributed by atoms with Gasteiger partial charge < -0.3 is 9.47 Å². The van der Waals surface area contributed by atoms with Crippen molar-refractivity contribution in [2.75, 3.05) is 6.61 Å². The maximum atomic E-state index is 11.8. The molecule has 0 bridgehead atoms. The second kappa shape index (κ2) is 10.3. The van der Waals surface area contributed by atoms with Crippen LogP contribution in [-0.2, 0) is 16.1 Å². The van der Waals surface area contributed by atoms with Gasteiger partial charge in [0.25, 0.3) is 0 Å². The maximum Gasteiger partial charge on any atom is 0.307 e. The van der Waals surface area contributed by atoms with Gasteiger partial charge >= 0.3 is 5.97 Å². The number of benzene rings is 2. The number of para-hydroxylation sites is 1. The van der Waals surface area contributed by atoms with Crippen LogP contribution in [0.3, 0.4) is 0 Å². The second-order valence-electron chi connectivity index (χ2n) is 6.67. The Balaban J connectivity index is 1.65. The van der Waals surface area contributed by atoms with Gasteiger partial charge in [-0.25, -0.2) is 0 Å². The number of aryl methyl sites for hydroxylation is 1. The molecule has 30 heavy (non-hydrogen) atoms. The van der Waals surface area contributed by atoms with Gasteiger partial charge in [-0.1, -0.05) is 36.3 Å². The molecule has 3 rings (SSSR count). The predicted octanol–water partition coefficient (Wildman–Crippen LogP) is 4.21. The van der Waals surface area contributed by atoms with E-state index in [9.17, 15) is 4.79 Å². The lowest BCUT2D eigenvalue weighted by atomic mass is 9.96. The van der Waals surface area contributed by atoms with E-state index in [-0.39, 0.29) is 18.3 Å². The molecule has 3 aromatic rings. The van der Waals surface area contributed by atoms with Crippen LogP contribution in [0.1, 0.15) is 43.1 Å². The maximum absolute atomic E-state index is 11.8. The van der Waals surface area contributed by atoms with Crippen LogP contribution in [-0.4, -0.2) is 27.6 Å². The number of carbonyl (C=O) groups excluding carboxylic acids is 1. The number of hydrogen-bond acceptors (Lipinski definition) is 5. The van der Waals surface area contributed by atoms with E-state index in [0.717, 1.165) is 22.6 Å². The molecule has 1 unspecified atom stereocenters. The summed E-state index contributed by atoms with van der Waals surface area (Å²) in [5, 5.41) is 8.99. The molecule has 0 saturated carbocycles. The van der Waals surface area contributed by atoms with E-state index in [2.05, 4.69) is 22.0 Å². The van der Waals surface area contributed by atoms with E-state index < -0.39 is 0 Å². The van der Waals surface area contributed by atoms with Gasteiger partial charge in [-0.05, 0) is 50.6 Å². The minimum absolute atomic E-state index is 0.198. The Morgan fingerprint density at radius 3 is 2.50 bits per heavy atom. The van der Waals surface area contributed by atoms with Gasteiger partial charge in [0.1, 0.15) is 18.1 Å². The molecular weight excluding hydrogens is 378 g/mol. The van der Waals surface area contributed by atoms with Gasteiger partial charge in [-0.15, -0.1) is 11.0 Å². The Morgan fingerprint density at radius 2 is 1.83 bits per heavy atom. The molecule has 1 aromatic heterocycles. The van der Waals surface area contributed by atoms with Crippen molar-refractivity contribution in [2.45, 2.75) is 39.7 Å². The quantitative estimate of drug-likeness (QED) is 0.416. The highest BCUT2D eigenvalue weighted by Gasteiger charge is 2.15. The van der Waals surface area contributed by atoms with Gasteiger partial charge in [0.2, 0.25) is 0 Å². The van der Waals surface area contributed by atoms with Crippen LogP contribution >= 0.6 is 0 Å². The van der Waals surface area contributed by atoms with E-state index in [1.54, 1.807) is 18.6 Å². The summed E-state index contributed by atoms with van der Waals surface area (Å²) >= 11 is 0. The standard InChI is InChI=1S/C24H25N3O3/c1-4-9-20(16-24(28)29-5-2)19-12-14-22(15-13-19)30-17-23-18(3)25-27(26-23)21-10-7-6-8-11-21/h6-8,10-15,20H,5,16-17H2,1-3H3. The average molecular weight is 403 g/mol. The molecule has 2 aromatic carbocycles. The smallest absolute Gasteiger partial charge is 0.307 e. The van der Waals surface area contributed by atoms with Crippen molar-refractivity contribution in [3.8, 4) is 23.3 Å². The van der Waals surface area contributed by atoms with Crippen molar-refractivity contribution in [1.82, 2.24) is 15.0 Å². The van der Waals surface area contributed by atoms with Crippen molar-refractivity contribution in [3.05, 3.63) is 71.5 Å². The normalized spacial score (nSPS) is 11.3. The van der Waals surface area contributed by atoms with Gasteiger partial charge in [-0.3, -0.25) is 4.79 Å². The zero-order valence-corrected chi connectivity index (χ0v) is 17.5. The number of nitrogens with zero attached hydrogens (tertiary/aromatic N) is 3. The highest BCUT2D eigenvalue weighted by Crippen LogP contribution is 2.23. The number of esters is 1. The van der Waals surface area contributed by atoms with E-state index in [1.165, 1.54) is 0 Å². The summed E-state index contributed by atoms with van der Waals surface area (Å²) in [7, 11) is 0. The van der Waals surface area contributed by atoms with Crippen molar-refractivity contribution in [3.63, 3.8) is 0 Å². The van der Waals surface area contributed by atoms with Crippen LogP contribution in [0, 0.1) is 18.8 Å². The molecule has 1 heterocycles. The highest BCUT2D eigenvalue weighted by molar-refractivity contribution is 5.71. The Kier molecular flexibility index (Phi) is 7.23. The molecule has 6 nitrogen and oxygen atoms in total. The first-order chi connectivity index (χ1) is 14.6. The van der Waals surface area contributed by atoms with Gasteiger partial charge in [0.15, 0.2) is 0 Å². The van der Waals surface area contributed by atoms with Crippen molar-refractivity contribution < 1.29 is 14.3 Å². The summed E-state index contributed by atoms with van der Waals surface area (Å²) in [5.74, 6) is 6.24. The topological polar surface area (TPSA) is 66.2 Å². The minimum atomic E-state index is -0.248. The first-order valence-electron chi connectivity index (χ1n) is 9.89. The zero-order chi connectivity index (χ0) is 21.3. The van der Waals surface area contributed by atoms with Crippen LogP contribution in [0.25, 0.3) is 5.69 Å². The molecule has 0 N–H and O–H groups in total. The molecule has 0 saturated heterocycles. The number of hydrogen-bond donors (Lipinski definition) is 0. The fourth-order valence-electron chi connectivity index (χ4n) is 2.98. The fraction of sp³-hybridized carbons (Fsp3) is 0.292. The van der Waals surface area contributed by atoms with Gasteiger partial charge in [-0.2, -0.15) is 9.90 Å². The minimum Gasteiger partial charge on any atom is -0.487 e. The molecule has 0 aliphatic heterocycles. The Labute approximate surface area is 176 Å². The molecule has 0 spiro atoms. The van der Waals surface area contributed by atoms with Crippen molar-refractivity contribution >= 4 is 5.97 Å². The summed E-state index contributed by atoms with van der Waals surface area (Å²) in [6.07, 6.45) is 0.233. The first-order valence-corrected chi connectivity index (χ1v) is 9.89.